The second-order valence-electron chi connectivity index (χ2n) is 5.28. The van der Waals surface area contributed by atoms with Crippen molar-refractivity contribution in [1.29, 1.82) is 0 Å². The summed E-state index contributed by atoms with van der Waals surface area (Å²) in [5, 5.41) is 10.9. The summed E-state index contributed by atoms with van der Waals surface area (Å²) < 4.78 is 2.82. The summed E-state index contributed by atoms with van der Waals surface area (Å²) in [6, 6.07) is 6.42. The zero-order chi connectivity index (χ0) is 17.1. The highest BCUT2D eigenvalue weighted by Crippen LogP contribution is 2.20. The molecule has 0 aliphatic heterocycles. The molecule has 0 atom stereocenters. The van der Waals surface area contributed by atoms with Crippen LogP contribution >= 0.6 is 0 Å². The normalized spacial score (nSPS) is 10.6. The fourth-order valence-corrected chi connectivity index (χ4v) is 2.27. The SMILES string of the molecule is Cn1cc(-c2ncccc2CNC(=O)c2ccc(=O)n(C)n2)cn1. The van der Waals surface area contributed by atoms with E-state index in [1.54, 1.807) is 17.1 Å². The molecule has 0 radical (unpaired) electrons. The largest absolute Gasteiger partial charge is 0.346 e. The van der Waals surface area contributed by atoms with E-state index in [1.807, 2.05) is 25.4 Å². The van der Waals surface area contributed by atoms with Gasteiger partial charge in [-0.05, 0) is 17.7 Å². The maximum Gasteiger partial charge on any atom is 0.271 e. The number of pyridine rings is 1. The fraction of sp³-hybridized carbons (Fsp3) is 0.188. The van der Waals surface area contributed by atoms with E-state index >= 15 is 0 Å². The highest BCUT2D eigenvalue weighted by molar-refractivity contribution is 5.92. The van der Waals surface area contributed by atoms with Crippen LogP contribution in [0.15, 0.2) is 47.7 Å². The molecule has 0 aliphatic carbocycles. The van der Waals surface area contributed by atoms with Crippen LogP contribution in [0.3, 0.4) is 0 Å². The molecule has 3 aromatic rings. The zero-order valence-electron chi connectivity index (χ0n) is 13.3. The molecule has 3 aromatic heterocycles. The summed E-state index contributed by atoms with van der Waals surface area (Å²) in [4.78, 5) is 27.9. The maximum absolute atomic E-state index is 12.2. The molecule has 3 rings (SSSR count). The third-order valence-corrected chi connectivity index (χ3v) is 3.50. The number of aryl methyl sites for hydroxylation is 2. The van der Waals surface area contributed by atoms with Gasteiger partial charge in [-0.3, -0.25) is 19.3 Å². The van der Waals surface area contributed by atoms with Crippen molar-refractivity contribution in [2.45, 2.75) is 6.54 Å². The van der Waals surface area contributed by atoms with Crippen LogP contribution in [0.4, 0.5) is 0 Å². The Hall–Kier alpha value is -3.29. The molecule has 8 nitrogen and oxygen atoms in total. The quantitative estimate of drug-likeness (QED) is 0.754. The molecule has 1 N–H and O–H groups in total. The van der Waals surface area contributed by atoms with E-state index in [0.717, 1.165) is 21.5 Å². The van der Waals surface area contributed by atoms with Gasteiger partial charge in [-0.2, -0.15) is 10.2 Å². The van der Waals surface area contributed by atoms with Gasteiger partial charge in [0.2, 0.25) is 0 Å². The van der Waals surface area contributed by atoms with E-state index < -0.39 is 0 Å². The van der Waals surface area contributed by atoms with Crippen molar-refractivity contribution >= 4 is 5.91 Å². The lowest BCUT2D eigenvalue weighted by atomic mass is 10.1. The number of amides is 1. The molecule has 0 aliphatic rings. The number of hydrogen-bond acceptors (Lipinski definition) is 5. The molecular weight excluding hydrogens is 308 g/mol. The van der Waals surface area contributed by atoms with Crippen LogP contribution in [-0.2, 0) is 20.6 Å². The minimum absolute atomic E-state index is 0.184. The van der Waals surface area contributed by atoms with E-state index in [9.17, 15) is 9.59 Å². The third kappa shape index (κ3) is 3.22. The molecule has 122 valence electrons. The first-order valence-electron chi connectivity index (χ1n) is 7.30. The van der Waals surface area contributed by atoms with Crippen molar-refractivity contribution in [1.82, 2.24) is 29.9 Å². The lowest BCUT2D eigenvalue weighted by Gasteiger charge is -2.08. The first-order chi connectivity index (χ1) is 11.5. The molecular formula is C16H16N6O2. The second-order valence-corrected chi connectivity index (χ2v) is 5.28. The Kier molecular flexibility index (Phi) is 4.19. The molecule has 0 bridgehead atoms. The summed E-state index contributed by atoms with van der Waals surface area (Å²) in [7, 11) is 3.33. The average molecular weight is 324 g/mol. The molecule has 0 aromatic carbocycles. The monoisotopic (exact) mass is 324 g/mol. The number of rotatable bonds is 4. The van der Waals surface area contributed by atoms with E-state index in [4.69, 9.17) is 0 Å². The van der Waals surface area contributed by atoms with Gasteiger partial charge in [-0.25, -0.2) is 4.68 Å². The van der Waals surface area contributed by atoms with Gasteiger partial charge in [-0.15, -0.1) is 0 Å². The highest BCUT2D eigenvalue weighted by atomic mass is 16.2. The summed E-state index contributed by atoms with van der Waals surface area (Å²) in [6.45, 7) is 0.293. The van der Waals surface area contributed by atoms with Crippen molar-refractivity contribution in [3.8, 4) is 11.3 Å². The minimum atomic E-state index is -0.355. The second kappa shape index (κ2) is 6.45. The zero-order valence-corrected chi connectivity index (χ0v) is 13.3. The van der Waals surface area contributed by atoms with Gasteiger partial charge in [0, 0.05) is 44.7 Å². The molecule has 1 amide bonds. The molecule has 0 saturated heterocycles. The van der Waals surface area contributed by atoms with Crippen molar-refractivity contribution in [2.24, 2.45) is 14.1 Å². The first kappa shape index (κ1) is 15.6. The van der Waals surface area contributed by atoms with E-state index in [0.29, 0.717) is 6.54 Å². The Labute approximate surface area is 137 Å². The van der Waals surface area contributed by atoms with Crippen LogP contribution in [0.2, 0.25) is 0 Å². The number of hydrogen-bond donors (Lipinski definition) is 1. The van der Waals surface area contributed by atoms with Crippen LogP contribution in [0.1, 0.15) is 16.1 Å². The third-order valence-electron chi connectivity index (χ3n) is 3.50. The Morgan fingerprint density at radius 2 is 2.08 bits per heavy atom. The Morgan fingerprint density at radius 1 is 1.25 bits per heavy atom. The van der Waals surface area contributed by atoms with Crippen LogP contribution in [0.5, 0.6) is 0 Å². The Balaban J connectivity index is 1.78. The molecule has 0 spiro atoms. The molecule has 3 heterocycles. The van der Waals surface area contributed by atoms with E-state index in [2.05, 4.69) is 20.5 Å². The van der Waals surface area contributed by atoms with Gasteiger partial charge in [-0.1, -0.05) is 6.07 Å². The highest BCUT2D eigenvalue weighted by Gasteiger charge is 2.12. The molecule has 24 heavy (non-hydrogen) atoms. The number of nitrogens with one attached hydrogen (secondary N) is 1. The maximum atomic E-state index is 12.2. The van der Waals surface area contributed by atoms with E-state index in [1.165, 1.54) is 19.2 Å². The van der Waals surface area contributed by atoms with Crippen molar-refractivity contribution < 1.29 is 4.79 Å². The van der Waals surface area contributed by atoms with Crippen molar-refractivity contribution in [2.75, 3.05) is 0 Å². The Morgan fingerprint density at radius 3 is 2.79 bits per heavy atom. The standard InChI is InChI=1S/C16H16N6O2/c1-21-10-12(9-19-21)15-11(4-3-7-17-15)8-18-16(24)13-5-6-14(23)22(2)20-13/h3-7,9-10H,8H2,1-2H3,(H,18,24). The smallest absolute Gasteiger partial charge is 0.271 e. The van der Waals surface area contributed by atoms with Gasteiger partial charge in [0.25, 0.3) is 11.5 Å². The number of nitrogens with zero attached hydrogens (tertiary/aromatic N) is 5. The predicted molar refractivity (Wildman–Crippen MR) is 87.1 cm³/mol. The van der Waals surface area contributed by atoms with Gasteiger partial charge in [0.15, 0.2) is 0 Å². The van der Waals surface area contributed by atoms with Gasteiger partial charge >= 0.3 is 0 Å². The summed E-state index contributed by atoms with van der Waals surface area (Å²) in [5.74, 6) is -0.355. The van der Waals surface area contributed by atoms with Gasteiger partial charge < -0.3 is 5.32 Å². The van der Waals surface area contributed by atoms with Gasteiger partial charge in [0.05, 0.1) is 11.9 Å². The fourth-order valence-electron chi connectivity index (χ4n) is 2.27. The van der Waals surface area contributed by atoms with Crippen molar-refractivity contribution in [3.05, 3.63) is 64.5 Å². The lowest BCUT2D eigenvalue weighted by Crippen LogP contribution is -2.28. The number of aromatic nitrogens is 5. The lowest BCUT2D eigenvalue weighted by molar-refractivity contribution is 0.0943. The summed E-state index contributed by atoms with van der Waals surface area (Å²) >= 11 is 0. The number of carbonyl (C=O) groups is 1. The van der Waals surface area contributed by atoms with Crippen LogP contribution < -0.4 is 10.9 Å². The van der Waals surface area contributed by atoms with Crippen LogP contribution in [0.25, 0.3) is 11.3 Å². The minimum Gasteiger partial charge on any atom is -0.346 e. The summed E-state index contributed by atoms with van der Waals surface area (Å²) in [5.41, 5.74) is 2.42. The van der Waals surface area contributed by atoms with Crippen molar-refractivity contribution in [3.63, 3.8) is 0 Å². The average Bonchev–Trinajstić information content (AvgIpc) is 3.01. The predicted octanol–water partition coefficient (Wildman–Crippen LogP) is 0.506. The molecule has 0 unspecified atom stereocenters. The summed E-state index contributed by atoms with van der Waals surface area (Å²) in [6.07, 6.45) is 5.28. The molecule has 8 heteroatoms. The van der Waals surface area contributed by atoms with Crippen LogP contribution in [-0.4, -0.2) is 30.5 Å². The molecule has 0 saturated carbocycles. The molecule has 0 fully saturated rings. The topological polar surface area (TPSA) is 94.7 Å². The van der Waals surface area contributed by atoms with E-state index in [-0.39, 0.29) is 17.2 Å². The Bertz CT molecular complexity index is 943. The van der Waals surface area contributed by atoms with Crippen LogP contribution in [0, 0.1) is 0 Å². The van der Waals surface area contributed by atoms with Gasteiger partial charge in [0.1, 0.15) is 5.69 Å². The first-order valence-corrected chi connectivity index (χ1v) is 7.30. The number of carbonyl (C=O) groups excluding carboxylic acids is 1.